The highest BCUT2D eigenvalue weighted by molar-refractivity contribution is 5.71. The minimum Gasteiger partial charge on any atom is -0.461 e. The van der Waals surface area contributed by atoms with Crippen molar-refractivity contribution in [1.82, 2.24) is 0 Å². The monoisotopic (exact) mass is 716 g/mol. The predicted octanol–water partition coefficient (Wildman–Crippen LogP) is 8.12. The summed E-state index contributed by atoms with van der Waals surface area (Å²) in [6.07, 6.45) is 3.42. The zero-order valence-electron chi connectivity index (χ0n) is 30.0. The van der Waals surface area contributed by atoms with Crippen molar-refractivity contribution in [3.63, 3.8) is 0 Å². The number of aryl methyl sites for hydroxylation is 1. The molecule has 0 N–H and O–H groups in total. The second-order valence-electron chi connectivity index (χ2n) is 12.1. The van der Waals surface area contributed by atoms with Gasteiger partial charge in [0, 0.05) is 25.7 Å². The highest BCUT2D eigenvalue weighted by Gasteiger charge is 2.09. The normalized spacial score (nSPS) is 10.0. The Labute approximate surface area is 310 Å². The summed E-state index contributed by atoms with van der Waals surface area (Å²) in [7, 11) is 0. The Morgan fingerprint density at radius 3 is 1.17 bits per heavy atom. The number of rotatable bonds is 18. The van der Waals surface area contributed by atoms with E-state index in [2.05, 4.69) is 0 Å². The van der Waals surface area contributed by atoms with Crippen LogP contribution in [0.5, 0.6) is 0 Å². The number of hydrogen-bond donors (Lipinski definition) is 0. The zero-order chi connectivity index (χ0) is 38.1. The van der Waals surface area contributed by atoms with E-state index in [1.165, 1.54) is 0 Å². The summed E-state index contributed by atoms with van der Waals surface area (Å²) >= 11 is 0. The lowest BCUT2D eigenvalue weighted by atomic mass is 10.1. The maximum Gasteiger partial charge on any atom is 0.306 e. The minimum absolute atomic E-state index is 0.164. The molecule has 0 aliphatic heterocycles. The molecule has 4 rings (SSSR count). The number of carbonyl (C=O) groups is 4. The standard InChI is InChI=1S/C22H20N2O4.C21H24O4/c23-13-17-5-9-19(10-6-17)15-27-21(25)3-1-2-4-22(26)28-16-20-11-7-18(14-24)8-12-20;1-17-9-5-6-12-19(17)16-25-21(23)14-8-7-13-20(22)24-15-18-10-3-2-4-11-18/h5-12H,1-4,15-16H2;2-6,9-12H,7-8,13-16H2,1H3. The van der Waals surface area contributed by atoms with E-state index in [0.717, 1.165) is 27.8 Å². The first-order valence-corrected chi connectivity index (χ1v) is 17.4. The van der Waals surface area contributed by atoms with Crippen LogP contribution in [0.15, 0.2) is 103 Å². The summed E-state index contributed by atoms with van der Waals surface area (Å²) in [5.41, 5.74) is 5.84. The third-order valence-electron chi connectivity index (χ3n) is 7.88. The van der Waals surface area contributed by atoms with Gasteiger partial charge in [-0.1, -0.05) is 78.9 Å². The topological polar surface area (TPSA) is 153 Å². The van der Waals surface area contributed by atoms with Crippen LogP contribution >= 0.6 is 0 Å². The third-order valence-corrected chi connectivity index (χ3v) is 7.88. The fourth-order valence-corrected chi connectivity index (χ4v) is 4.71. The molecular weight excluding hydrogens is 672 g/mol. The summed E-state index contributed by atoms with van der Waals surface area (Å²) in [4.78, 5) is 46.9. The average molecular weight is 717 g/mol. The average Bonchev–Trinajstić information content (AvgIpc) is 3.19. The molecular formula is C43H44N2O8. The van der Waals surface area contributed by atoms with E-state index in [9.17, 15) is 19.2 Å². The van der Waals surface area contributed by atoms with Crippen molar-refractivity contribution in [2.45, 2.75) is 84.7 Å². The van der Waals surface area contributed by atoms with Crippen LogP contribution < -0.4 is 0 Å². The van der Waals surface area contributed by atoms with Crippen molar-refractivity contribution >= 4 is 23.9 Å². The maximum absolute atomic E-state index is 11.7. The molecule has 0 heterocycles. The van der Waals surface area contributed by atoms with Crippen LogP contribution in [-0.2, 0) is 64.6 Å². The van der Waals surface area contributed by atoms with Gasteiger partial charge in [-0.2, -0.15) is 10.5 Å². The van der Waals surface area contributed by atoms with Gasteiger partial charge in [-0.05, 0) is 84.7 Å². The zero-order valence-corrected chi connectivity index (χ0v) is 30.0. The summed E-state index contributed by atoms with van der Waals surface area (Å²) in [5.74, 6) is -1.12. The van der Waals surface area contributed by atoms with E-state index < -0.39 is 0 Å². The minimum atomic E-state index is -0.324. The molecule has 10 heteroatoms. The summed E-state index contributed by atoms with van der Waals surface area (Å²) in [5, 5.41) is 17.5. The summed E-state index contributed by atoms with van der Waals surface area (Å²) < 4.78 is 20.8. The molecule has 0 saturated carbocycles. The van der Waals surface area contributed by atoms with Crippen molar-refractivity contribution in [1.29, 1.82) is 10.5 Å². The Bertz CT molecular complexity index is 1750. The highest BCUT2D eigenvalue weighted by Crippen LogP contribution is 2.12. The molecule has 0 aliphatic rings. The number of esters is 4. The van der Waals surface area contributed by atoms with Crippen LogP contribution in [0.25, 0.3) is 0 Å². The SMILES string of the molecule is Cc1ccccc1COC(=O)CCCCC(=O)OCc1ccccc1.N#Cc1ccc(COC(=O)CCCCC(=O)OCc2ccc(C#N)cc2)cc1. The van der Waals surface area contributed by atoms with Gasteiger partial charge in [-0.15, -0.1) is 0 Å². The number of nitrogens with zero attached hydrogens (tertiary/aromatic N) is 2. The van der Waals surface area contributed by atoms with Crippen LogP contribution in [0, 0.1) is 29.6 Å². The lowest BCUT2D eigenvalue weighted by molar-refractivity contribution is -0.147. The fraction of sp³-hybridized carbons (Fsp3) is 0.302. The molecule has 0 saturated heterocycles. The van der Waals surface area contributed by atoms with Crippen LogP contribution in [0.2, 0.25) is 0 Å². The molecule has 4 aromatic rings. The number of ether oxygens (including phenoxy) is 4. The van der Waals surface area contributed by atoms with E-state index in [1.54, 1.807) is 48.5 Å². The van der Waals surface area contributed by atoms with Crippen molar-refractivity contribution in [3.8, 4) is 12.1 Å². The number of nitriles is 2. The van der Waals surface area contributed by atoms with Gasteiger partial charge >= 0.3 is 23.9 Å². The number of unbranched alkanes of at least 4 members (excludes halogenated alkanes) is 2. The molecule has 4 aromatic carbocycles. The van der Waals surface area contributed by atoms with Gasteiger partial charge in [0.2, 0.25) is 0 Å². The van der Waals surface area contributed by atoms with E-state index in [0.29, 0.717) is 56.3 Å². The molecule has 0 aromatic heterocycles. The van der Waals surface area contributed by atoms with Crippen molar-refractivity contribution in [2.75, 3.05) is 0 Å². The quantitative estimate of drug-likeness (QED) is 0.0560. The molecule has 0 bridgehead atoms. The van der Waals surface area contributed by atoms with Gasteiger partial charge in [-0.25, -0.2) is 0 Å². The highest BCUT2D eigenvalue weighted by atomic mass is 16.5. The Hall–Kier alpha value is -6.26. The van der Waals surface area contributed by atoms with E-state index in [-0.39, 0.29) is 56.5 Å². The molecule has 0 fully saturated rings. The lowest BCUT2D eigenvalue weighted by Crippen LogP contribution is -2.07. The summed E-state index contributed by atoms with van der Waals surface area (Å²) in [6, 6.07) is 35.1. The summed E-state index contributed by atoms with van der Waals surface area (Å²) in [6.45, 7) is 2.90. The van der Waals surface area contributed by atoms with Gasteiger partial charge in [0.15, 0.2) is 0 Å². The Morgan fingerprint density at radius 1 is 0.453 bits per heavy atom. The Morgan fingerprint density at radius 2 is 0.792 bits per heavy atom. The molecule has 0 unspecified atom stereocenters. The Kier molecular flexibility index (Phi) is 18.7. The molecule has 0 aliphatic carbocycles. The van der Waals surface area contributed by atoms with Gasteiger partial charge in [0.25, 0.3) is 0 Å². The lowest BCUT2D eigenvalue weighted by Gasteiger charge is -2.07. The molecule has 53 heavy (non-hydrogen) atoms. The van der Waals surface area contributed by atoms with Crippen molar-refractivity contribution in [3.05, 3.63) is 142 Å². The second-order valence-corrected chi connectivity index (χ2v) is 12.1. The molecule has 274 valence electrons. The molecule has 10 nitrogen and oxygen atoms in total. The first kappa shape index (κ1) is 41.2. The predicted molar refractivity (Wildman–Crippen MR) is 196 cm³/mol. The Balaban J connectivity index is 0.000000287. The van der Waals surface area contributed by atoms with Gasteiger partial charge < -0.3 is 18.9 Å². The maximum atomic E-state index is 11.7. The first-order chi connectivity index (χ1) is 25.7. The molecule has 0 amide bonds. The molecule has 0 spiro atoms. The number of benzene rings is 4. The van der Waals surface area contributed by atoms with Crippen LogP contribution in [0.1, 0.15) is 90.3 Å². The number of carbonyl (C=O) groups excluding carboxylic acids is 4. The van der Waals surface area contributed by atoms with Crippen LogP contribution in [-0.4, -0.2) is 23.9 Å². The smallest absolute Gasteiger partial charge is 0.306 e. The van der Waals surface area contributed by atoms with Crippen LogP contribution in [0.4, 0.5) is 0 Å². The fourth-order valence-electron chi connectivity index (χ4n) is 4.71. The van der Waals surface area contributed by atoms with Gasteiger partial charge in [0.05, 0.1) is 23.3 Å². The molecule has 0 atom stereocenters. The third kappa shape index (κ3) is 17.5. The van der Waals surface area contributed by atoms with E-state index >= 15 is 0 Å². The first-order valence-electron chi connectivity index (χ1n) is 17.4. The second kappa shape index (κ2) is 24.0. The van der Waals surface area contributed by atoms with Crippen LogP contribution in [0.3, 0.4) is 0 Å². The molecule has 0 radical (unpaired) electrons. The number of hydrogen-bond acceptors (Lipinski definition) is 10. The van der Waals surface area contributed by atoms with Crippen molar-refractivity contribution in [2.24, 2.45) is 0 Å². The largest absolute Gasteiger partial charge is 0.461 e. The van der Waals surface area contributed by atoms with Gasteiger partial charge in [0.1, 0.15) is 26.4 Å². The van der Waals surface area contributed by atoms with Crippen molar-refractivity contribution < 1.29 is 38.1 Å². The van der Waals surface area contributed by atoms with Gasteiger partial charge in [-0.3, -0.25) is 19.2 Å². The van der Waals surface area contributed by atoms with E-state index in [1.807, 2.05) is 73.7 Å². The van der Waals surface area contributed by atoms with E-state index in [4.69, 9.17) is 29.5 Å².